The summed E-state index contributed by atoms with van der Waals surface area (Å²) in [4.78, 5) is 24.7. The molecule has 0 bridgehead atoms. The predicted octanol–water partition coefficient (Wildman–Crippen LogP) is 6.38. The molecule has 34 heavy (non-hydrogen) atoms. The number of allylic oxidation sites excluding steroid dienone is 2. The third-order valence-corrected chi connectivity index (χ3v) is 12.0. The average Bonchev–Trinajstić information content (AvgIpc) is 3.16. The van der Waals surface area contributed by atoms with E-state index in [0.717, 1.165) is 25.7 Å². The first-order valence-electron chi connectivity index (χ1n) is 13.6. The van der Waals surface area contributed by atoms with Crippen LogP contribution in [0.15, 0.2) is 23.3 Å². The maximum absolute atomic E-state index is 12.8. The second kappa shape index (κ2) is 7.31. The molecule has 5 rings (SSSR count). The maximum Gasteiger partial charge on any atom is 0.336 e. The van der Waals surface area contributed by atoms with Crippen molar-refractivity contribution in [3.05, 3.63) is 23.3 Å². The number of ether oxygens (including phenoxy) is 1. The van der Waals surface area contributed by atoms with Crippen LogP contribution in [0.25, 0.3) is 0 Å². The topological polar surface area (TPSA) is 63.6 Å². The highest BCUT2D eigenvalue weighted by Crippen LogP contribution is 2.73. The molecule has 0 amide bonds. The number of Topliss-reactive ketones (excluding diaryl/α,β-unsaturated/α-hetero) is 1. The van der Waals surface area contributed by atoms with Crippen LogP contribution in [0.5, 0.6) is 0 Å². The number of aliphatic hydroxyl groups is 1. The summed E-state index contributed by atoms with van der Waals surface area (Å²) in [5.74, 6) is 0.313. The van der Waals surface area contributed by atoms with Crippen molar-refractivity contribution in [3.8, 4) is 0 Å². The Kier molecular flexibility index (Phi) is 5.22. The first-order chi connectivity index (χ1) is 15.7. The summed E-state index contributed by atoms with van der Waals surface area (Å²) in [6, 6.07) is 0. The van der Waals surface area contributed by atoms with Crippen LogP contribution in [-0.2, 0) is 14.3 Å². The molecule has 8 unspecified atom stereocenters. The lowest BCUT2D eigenvalue weighted by Gasteiger charge is -2.63. The van der Waals surface area contributed by atoms with E-state index >= 15 is 0 Å². The second-order valence-corrected chi connectivity index (χ2v) is 13.8. The zero-order chi connectivity index (χ0) is 24.9. The van der Waals surface area contributed by atoms with E-state index in [0.29, 0.717) is 35.5 Å². The Bertz CT molecular complexity index is 990. The zero-order valence-corrected chi connectivity index (χ0v) is 22.3. The third-order valence-electron chi connectivity index (χ3n) is 12.0. The molecular formula is C30H44O4. The molecule has 1 N–H and O–H groups in total. The van der Waals surface area contributed by atoms with E-state index in [4.69, 9.17) is 4.74 Å². The normalized spacial score (nSPS) is 48.3. The number of fused-ring (bicyclic) bond motifs is 5. The molecule has 0 saturated heterocycles. The van der Waals surface area contributed by atoms with E-state index in [1.807, 2.05) is 0 Å². The zero-order valence-electron chi connectivity index (χ0n) is 22.3. The quantitative estimate of drug-likeness (QED) is 0.386. The SMILES string of the molecule is CC1=CC(O)(CC(C)C2CCC3(C)C4=CCC5C(C)(C)C(=O)CCC5(C)C4CCC23C)OC1=O. The molecule has 3 saturated carbocycles. The molecule has 0 aromatic heterocycles. The van der Waals surface area contributed by atoms with Crippen LogP contribution in [0.4, 0.5) is 0 Å². The van der Waals surface area contributed by atoms with E-state index in [-0.39, 0.29) is 27.6 Å². The molecule has 4 aliphatic carbocycles. The van der Waals surface area contributed by atoms with Gasteiger partial charge in [-0.2, -0.15) is 0 Å². The highest BCUT2D eigenvalue weighted by atomic mass is 16.7. The molecule has 188 valence electrons. The number of esters is 1. The first-order valence-corrected chi connectivity index (χ1v) is 13.6. The number of carbonyl (C=O) groups excluding carboxylic acids is 2. The molecule has 0 aromatic rings. The fourth-order valence-electron chi connectivity index (χ4n) is 9.84. The minimum absolute atomic E-state index is 0.148. The lowest BCUT2D eigenvalue weighted by atomic mass is 9.41. The minimum Gasteiger partial charge on any atom is -0.426 e. The van der Waals surface area contributed by atoms with Gasteiger partial charge in [0.2, 0.25) is 5.79 Å². The Hall–Kier alpha value is -1.42. The summed E-state index contributed by atoms with van der Waals surface area (Å²) in [6.45, 7) is 15.8. The monoisotopic (exact) mass is 468 g/mol. The van der Waals surface area contributed by atoms with Crippen LogP contribution < -0.4 is 0 Å². The molecule has 8 atom stereocenters. The highest BCUT2D eigenvalue weighted by Gasteiger charge is 2.65. The summed E-state index contributed by atoms with van der Waals surface area (Å²) in [6.07, 6.45) is 12.1. The van der Waals surface area contributed by atoms with Gasteiger partial charge >= 0.3 is 5.97 Å². The first kappa shape index (κ1) is 24.3. The smallest absolute Gasteiger partial charge is 0.336 e. The van der Waals surface area contributed by atoms with Gasteiger partial charge < -0.3 is 9.84 Å². The third kappa shape index (κ3) is 3.06. The lowest BCUT2D eigenvalue weighted by Crippen LogP contribution is -2.57. The van der Waals surface area contributed by atoms with Crippen LogP contribution in [0.2, 0.25) is 0 Å². The van der Waals surface area contributed by atoms with Crippen molar-refractivity contribution in [2.24, 2.45) is 45.3 Å². The molecule has 1 heterocycles. The Morgan fingerprint density at radius 3 is 2.44 bits per heavy atom. The Morgan fingerprint density at radius 1 is 1.09 bits per heavy atom. The van der Waals surface area contributed by atoms with E-state index in [2.05, 4.69) is 47.6 Å². The van der Waals surface area contributed by atoms with Crippen LogP contribution in [0.3, 0.4) is 0 Å². The minimum atomic E-state index is -1.46. The van der Waals surface area contributed by atoms with Crippen LogP contribution in [-0.4, -0.2) is 22.6 Å². The molecule has 3 fully saturated rings. The predicted molar refractivity (Wildman–Crippen MR) is 133 cm³/mol. The van der Waals surface area contributed by atoms with Gasteiger partial charge in [0.25, 0.3) is 0 Å². The summed E-state index contributed by atoms with van der Waals surface area (Å²) < 4.78 is 5.36. The summed E-state index contributed by atoms with van der Waals surface area (Å²) in [5, 5.41) is 11.0. The lowest BCUT2D eigenvalue weighted by molar-refractivity contribution is -0.186. The van der Waals surface area contributed by atoms with Gasteiger partial charge in [0.1, 0.15) is 5.78 Å². The Balaban J connectivity index is 1.44. The number of rotatable bonds is 3. The molecule has 4 nitrogen and oxygen atoms in total. The number of ketones is 1. The van der Waals surface area contributed by atoms with Gasteiger partial charge in [-0.3, -0.25) is 4.79 Å². The number of hydrogen-bond acceptors (Lipinski definition) is 4. The summed E-state index contributed by atoms with van der Waals surface area (Å²) in [5.41, 5.74) is 2.45. The van der Waals surface area contributed by atoms with E-state index < -0.39 is 11.8 Å². The Labute approximate surface area is 205 Å². The summed E-state index contributed by atoms with van der Waals surface area (Å²) in [7, 11) is 0. The molecule has 4 heteroatoms. The van der Waals surface area contributed by atoms with Gasteiger partial charge in [-0.15, -0.1) is 0 Å². The van der Waals surface area contributed by atoms with Crippen molar-refractivity contribution in [1.29, 1.82) is 0 Å². The van der Waals surface area contributed by atoms with Crippen LogP contribution >= 0.6 is 0 Å². The fraction of sp³-hybridized carbons (Fsp3) is 0.800. The van der Waals surface area contributed by atoms with Gasteiger partial charge in [0.15, 0.2) is 0 Å². The van der Waals surface area contributed by atoms with Crippen LogP contribution in [0, 0.1) is 45.3 Å². The van der Waals surface area contributed by atoms with Gasteiger partial charge in [-0.25, -0.2) is 4.79 Å². The molecule has 0 aromatic carbocycles. The van der Waals surface area contributed by atoms with Crippen molar-refractivity contribution >= 4 is 11.8 Å². The van der Waals surface area contributed by atoms with Gasteiger partial charge in [-0.1, -0.05) is 53.2 Å². The van der Waals surface area contributed by atoms with E-state index in [9.17, 15) is 14.7 Å². The van der Waals surface area contributed by atoms with Gasteiger partial charge in [-0.05, 0) is 91.4 Å². The van der Waals surface area contributed by atoms with E-state index in [1.54, 1.807) is 18.6 Å². The summed E-state index contributed by atoms with van der Waals surface area (Å²) >= 11 is 0. The Morgan fingerprint density at radius 2 is 1.79 bits per heavy atom. The number of hydrogen-bond donors (Lipinski definition) is 1. The maximum atomic E-state index is 12.8. The van der Waals surface area contributed by atoms with Gasteiger partial charge in [0, 0.05) is 23.8 Å². The van der Waals surface area contributed by atoms with Crippen molar-refractivity contribution < 1.29 is 19.4 Å². The number of carbonyl (C=O) groups is 2. The van der Waals surface area contributed by atoms with Crippen LogP contribution in [0.1, 0.15) is 99.8 Å². The van der Waals surface area contributed by atoms with Crippen molar-refractivity contribution in [2.75, 3.05) is 0 Å². The average molecular weight is 469 g/mol. The highest BCUT2D eigenvalue weighted by molar-refractivity contribution is 5.90. The van der Waals surface area contributed by atoms with Crippen molar-refractivity contribution in [3.63, 3.8) is 0 Å². The largest absolute Gasteiger partial charge is 0.426 e. The molecule has 5 aliphatic rings. The molecule has 1 aliphatic heterocycles. The molecule has 0 radical (unpaired) electrons. The standard InChI is InChI=1S/C30H44O4/c1-18(16-30(33)17-19(2)25(32)34-30)20-10-14-29(7)22-8-9-23-26(3,4)24(31)12-13-27(23,5)21(22)11-15-28(20,29)6/h8,17-18,20-21,23,33H,9-16H2,1-7H3. The van der Waals surface area contributed by atoms with Gasteiger partial charge in [0.05, 0.1) is 0 Å². The van der Waals surface area contributed by atoms with Crippen molar-refractivity contribution in [2.45, 2.75) is 106 Å². The second-order valence-electron chi connectivity index (χ2n) is 13.8. The van der Waals surface area contributed by atoms with Crippen molar-refractivity contribution in [1.82, 2.24) is 0 Å². The molecule has 0 spiro atoms. The number of cyclic esters (lactones) is 1. The molecular weight excluding hydrogens is 424 g/mol. The van der Waals surface area contributed by atoms with E-state index in [1.165, 1.54) is 19.3 Å². The fourth-order valence-corrected chi connectivity index (χ4v) is 9.84.